The van der Waals surface area contributed by atoms with E-state index >= 15 is 0 Å². The van der Waals surface area contributed by atoms with Gasteiger partial charge in [0.25, 0.3) is 0 Å². The number of hydrogen-bond donors (Lipinski definition) is 1. The molecule has 2 aliphatic heterocycles. The van der Waals surface area contributed by atoms with Crippen molar-refractivity contribution in [2.24, 2.45) is 12.5 Å². The molecule has 1 aliphatic carbocycles. The van der Waals surface area contributed by atoms with Crippen LogP contribution in [-0.2, 0) is 11.8 Å². The largest absolute Gasteiger partial charge is 0.371 e. The molecule has 3 fully saturated rings. The zero-order chi connectivity index (χ0) is 21.3. The summed E-state index contributed by atoms with van der Waals surface area (Å²) in [6.45, 7) is 4.27. The van der Waals surface area contributed by atoms with Crippen molar-refractivity contribution in [3.8, 4) is 11.1 Å². The third-order valence-corrected chi connectivity index (χ3v) is 7.77. The number of pyridine rings is 2. The molecule has 6 heteroatoms. The predicted octanol–water partition coefficient (Wildman–Crippen LogP) is 3.75. The SMILES string of the molecule is Cn1c2ccncc2c2ccc(-c3ccc(N4CC(OC5CC6(CNC6)C5)C4)nc3)cc21. The van der Waals surface area contributed by atoms with Gasteiger partial charge >= 0.3 is 0 Å². The zero-order valence-electron chi connectivity index (χ0n) is 18.3. The molecular formula is C26H27N5O. The first-order valence-corrected chi connectivity index (χ1v) is 11.6. The van der Waals surface area contributed by atoms with Gasteiger partial charge in [-0.2, -0.15) is 0 Å². The van der Waals surface area contributed by atoms with Crippen molar-refractivity contribution in [2.75, 3.05) is 31.1 Å². The van der Waals surface area contributed by atoms with Gasteiger partial charge in [-0.05, 0) is 42.7 Å². The Hall–Kier alpha value is -2.96. The lowest BCUT2D eigenvalue weighted by molar-refractivity contribution is -0.136. The summed E-state index contributed by atoms with van der Waals surface area (Å²) in [4.78, 5) is 11.4. The van der Waals surface area contributed by atoms with E-state index in [1.54, 1.807) is 0 Å². The second-order valence-corrected chi connectivity index (χ2v) is 9.89. The van der Waals surface area contributed by atoms with E-state index in [2.05, 4.69) is 63.2 Å². The molecule has 1 aromatic carbocycles. The third-order valence-electron chi connectivity index (χ3n) is 7.77. The van der Waals surface area contributed by atoms with Crippen LogP contribution in [0.25, 0.3) is 32.9 Å². The summed E-state index contributed by atoms with van der Waals surface area (Å²) < 4.78 is 8.51. The van der Waals surface area contributed by atoms with Gasteiger partial charge in [0.1, 0.15) is 5.82 Å². The van der Waals surface area contributed by atoms with E-state index in [-0.39, 0.29) is 0 Å². The van der Waals surface area contributed by atoms with Crippen LogP contribution in [0.4, 0.5) is 5.82 Å². The molecule has 0 radical (unpaired) electrons. The van der Waals surface area contributed by atoms with Gasteiger partial charge in [0.2, 0.25) is 0 Å². The highest BCUT2D eigenvalue weighted by Crippen LogP contribution is 2.46. The number of nitrogens with zero attached hydrogens (tertiary/aromatic N) is 4. The van der Waals surface area contributed by atoms with E-state index < -0.39 is 0 Å². The van der Waals surface area contributed by atoms with Crippen LogP contribution in [0.2, 0.25) is 0 Å². The summed E-state index contributed by atoms with van der Waals surface area (Å²) in [7, 11) is 2.12. The molecule has 2 saturated heterocycles. The summed E-state index contributed by atoms with van der Waals surface area (Å²) >= 11 is 0. The van der Waals surface area contributed by atoms with Gasteiger partial charge < -0.3 is 19.5 Å². The molecule has 0 atom stereocenters. The third kappa shape index (κ3) is 2.79. The van der Waals surface area contributed by atoms with Crippen molar-refractivity contribution < 1.29 is 4.74 Å². The molecule has 7 rings (SSSR count). The standard InChI is InChI=1S/C26H27N5O/c1-30-23-6-7-27-12-22(23)21-4-2-17(8-24(21)30)18-3-5-25(29-11-18)31-13-20(14-31)32-19-9-26(10-19)15-28-16-26/h2-8,11-12,19-20,28H,9-10,13-16H2,1H3. The van der Waals surface area contributed by atoms with Gasteiger partial charge in [0, 0.05) is 79.1 Å². The fourth-order valence-corrected chi connectivity index (χ4v) is 5.73. The van der Waals surface area contributed by atoms with Crippen molar-refractivity contribution in [3.05, 3.63) is 55.0 Å². The Morgan fingerprint density at radius 1 is 0.938 bits per heavy atom. The Morgan fingerprint density at radius 3 is 2.53 bits per heavy atom. The lowest BCUT2D eigenvalue weighted by Gasteiger charge is -2.55. The molecule has 1 N–H and O–H groups in total. The molecule has 0 unspecified atom stereocenters. The number of benzene rings is 1. The number of rotatable bonds is 4. The number of fused-ring (bicyclic) bond motifs is 3. The van der Waals surface area contributed by atoms with Crippen LogP contribution in [0.5, 0.6) is 0 Å². The Labute approximate surface area is 187 Å². The molecule has 32 heavy (non-hydrogen) atoms. The fourth-order valence-electron chi connectivity index (χ4n) is 5.73. The summed E-state index contributed by atoms with van der Waals surface area (Å²) in [5.74, 6) is 1.04. The van der Waals surface area contributed by atoms with Crippen LogP contribution < -0.4 is 10.2 Å². The monoisotopic (exact) mass is 425 g/mol. The molecule has 1 saturated carbocycles. The van der Waals surface area contributed by atoms with Crippen LogP contribution in [-0.4, -0.2) is 52.9 Å². The quantitative estimate of drug-likeness (QED) is 0.540. The lowest BCUT2D eigenvalue weighted by Crippen LogP contribution is -2.64. The van der Waals surface area contributed by atoms with Gasteiger partial charge in [-0.1, -0.05) is 12.1 Å². The van der Waals surface area contributed by atoms with Gasteiger partial charge in [0.05, 0.1) is 17.7 Å². The van der Waals surface area contributed by atoms with Crippen molar-refractivity contribution in [2.45, 2.75) is 25.0 Å². The molecule has 6 nitrogen and oxygen atoms in total. The van der Waals surface area contributed by atoms with E-state index in [1.807, 2.05) is 18.6 Å². The highest BCUT2D eigenvalue weighted by molar-refractivity contribution is 6.08. The minimum atomic E-state index is 0.357. The highest BCUT2D eigenvalue weighted by atomic mass is 16.5. The zero-order valence-corrected chi connectivity index (χ0v) is 18.3. The van der Waals surface area contributed by atoms with Gasteiger partial charge in [-0.15, -0.1) is 0 Å². The first-order chi connectivity index (χ1) is 15.7. The Morgan fingerprint density at radius 2 is 1.78 bits per heavy atom. The van der Waals surface area contributed by atoms with E-state index in [4.69, 9.17) is 9.72 Å². The van der Waals surface area contributed by atoms with Crippen LogP contribution >= 0.6 is 0 Å². The van der Waals surface area contributed by atoms with Crippen LogP contribution in [0.1, 0.15) is 12.8 Å². The lowest BCUT2D eigenvalue weighted by atomic mass is 9.63. The Balaban J connectivity index is 1.04. The van der Waals surface area contributed by atoms with Crippen molar-refractivity contribution in [3.63, 3.8) is 0 Å². The Bertz CT molecular complexity index is 1310. The highest BCUT2D eigenvalue weighted by Gasteiger charge is 2.50. The number of aryl methyl sites for hydroxylation is 1. The number of aromatic nitrogens is 3. The van der Waals surface area contributed by atoms with Crippen molar-refractivity contribution in [1.29, 1.82) is 0 Å². The average molecular weight is 426 g/mol. The van der Waals surface area contributed by atoms with Crippen LogP contribution in [0.3, 0.4) is 0 Å². The molecule has 3 aliphatic rings. The summed E-state index contributed by atoms with van der Waals surface area (Å²) in [5, 5.41) is 5.83. The number of hydrogen-bond acceptors (Lipinski definition) is 5. The molecule has 1 spiro atoms. The summed E-state index contributed by atoms with van der Waals surface area (Å²) in [5.41, 5.74) is 5.33. The molecule has 162 valence electrons. The van der Waals surface area contributed by atoms with Crippen molar-refractivity contribution >= 4 is 27.6 Å². The predicted molar refractivity (Wildman–Crippen MR) is 127 cm³/mol. The Kier molecular flexibility index (Phi) is 3.93. The molecular weight excluding hydrogens is 398 g/mol. The van der Waals surface area contributed by atoms with E-state index in [0.717, 1.165) is 24.5 Å². The van der Waals surface area contributed by atoms with Gasteiger partial charge in [0.15, 0.2) is 0 Å². The van der Waals surface area contributed by atoms with Gasteiger partial charge in [-0.3, -0.25) is 4.98 Å². The minimum Gasteiger partial charge on any atom is -0.371 e. The number of nitrogens with one attached hydrogen (secondary N) is 1. The first kappa shape index (κ1) is 18.6. The van der Waals surface area contributed by atoms with Crippen LogP contribution in [0, 0.1) is 5.41 Å². The average Bonchev–Trinajstić information content (AvgIpc) is 3.03. The molecule has 5 heterocycles. The van der Waals surface area contributed by atoms with E-state index in [0.29, 0.717) is 17.6 Å². The van der Waals surface area contributed by atoms with Gasteiger partial charge in [-0.25, -0.2) is 4.98 Å². The second kappa shape index (κ2) is 6.77. The second-order valence-electron chi connectivity index (χ2n) is 9.89. The molecule has 0 amide bonds. The smallest absolute Gasteiger partial charge is 0.128 e. The number of ether oxygens (including phenoxy) is 1. The number of anilines is 1. The van der Waals surface area contributed by atoms with E-state index in [1.165, 1.54) is 53.3 Å². The maximum absolute atomic E-state index is 6.27. The van der Waals surface area contributed by atoms with Crippen molar-refractivity contribution in [1.82, 2.24) is 19.9 Å². The van der Waals surface area contributed by atoms with Crippen LogP contribution in [0.15, 0.2) is 55.0 Å². The summed E-state index contributed by atoms with van der Waals surface area (Å²) in [6.07, 6.45) is 9.10. The molecule has 0 bridgehead atoms. The first-order valence-electron chi connectivity index (χ1n) is 11.6. The minimum absolute atomic E-state index is 0.357. The maximum atomic E-state index is 6.27. The molecule has 4 aromatic rings. The van der Waals surface area contributed by atoms with E-state index in [9.17, 15) is 0 Å². The fraction of sp³-hybridized carbons (Fsp3) is 0.385. The topological polar surface area (TPSA) is 55.2 Å². The normalized spacial score (nSPS) is 20.5. The molecule has 3 aromatic heterocycles. The maximum Gasteiger partial charge on any atom is 0.128 e. The summed E-state index contributed by atoms with van der Waals surface area (Å²) in [6, 6.07) is 13.0.